The summed E-state index contributed by atoms with van der Waals surface area (Å²) in [5, 5.41) is 11.4. The highest BCUT2D eigenvalue weighted by Gasteiger charge is 2.31. The van der Waals surface area contributed by atoms with E-state index in [4.69, 9.17) is 0 Å². The molecule has 9 heteroatoms. The Bertz CT molecular complexity index is 1250. The molecule has 0 radical (unpaired) electrons. The number of H-pyrrole nitrogens is 1. The maximum absolute atomic E-state index is 12.8. The molecule has 0 saturated heterocycles. The molecule has 0 bridgehead atoms. The van der Waals surface area contributed by atoms with Crippen LogP contribution in [-0.4, -0.2) is 31.4 Å². The highest BCUT2D eigenvalue weighted by atomic mass is 32.2. The maximum Gasteiger partial charge on any atom is 0.272 e. The van der Waals surface area contributed by atoms with E-state index in [0.717, 1.165) is 35.7 Å². The number of thioether (sulfide) groups is 1. The molecule has 0 unspecified atom stereocenters. The summed E-state index contributed by atoms with van der Waals surface area (Å²) >= 11 is 1.54. The van der Waals surface area contributed by atoms with E-state index in [2.05, 4.69) is 20.5 Å². The summed E-state index contributed by atoms with van der Waals surface area (Å²) in [6.45, 7) is 0.209. The van der Waals surface area contributed by atoms with Gasteiger partial charge in [0.2, 0.25) is 5.91 Å². The van der Waals surface area contributed by atoms with Crippen molar-refractivity contribution in [3.05, 3.63) is 61.9 Å². The van der Waals surface area contributed by atoms with Crippen molar-refractivity contribution in [1.29, 1.82) is 0 Å². The average molecular weight is 409 g/mol. The van der Waals surface area contributed by atoms with Crippen LogP contribution in [0.4, 0.5) is 0 Å². The fraction of sp³-hybridized carbons (Fsp3) is 0.350. The second-order valence-corrected chi connectivity index (χ2v) is 8.33. The van der Waals surface area contributed by atoms with Gasteiger partial charge in [0.25, 0.3) is 11.1 Å². The Hall–Kier alpha value is -2.94. The van der Waals surface area contributed by atoms with E-state index in [1.54, 1.807) is 16.7 Å². The number of aromatic amines is 1. The van der Waals surface area contributed by atoms with Crippen LogP contribution in [0.15, 0.2) is 39.0 Å². The monoisotopic (exact) mass is 409 g/mol. The Balaban J connectivity index is 1.32. The molecule has 2 aromatic heterocycles. The number of nitrogens with zero attached hydrogens (tertiary/aromatic N) is 3. The lowest BCUT2D eigenvalue weighted by atomic mass is 10.1. The first-order valence-corrected chi connectivity index (χ1v) is 10.6. The molecule has 0 fully saturated rings. The Morgan fingerprint density at radius 1 is 1.24 bits per heavy atom. The largest absolute Gasteiger partial charge is 0.350 e. The van der Waals surface area contributed by atoms with Crippen LogP contribution in [0.2, 0.25) is 0 Å². The minimum absolute atomic E-state index is 0.0126. The van der Waals surface area contributed by atoms with Gasteiger partial charge in [0, 0.05) is 23.1 Å². The van der Waals surface area contributed by atoms with Crippen LogP contribution < -0.4 is 16.4 Å². The molecule has 29 heavy (non-hydrogen) atoms. The number of aryl methyl sites for hydroxylation is 1. The molecule has 1 amide bonds. The summed E-state index contributed by atoms with van der Waals surface area (Å²) in [5.41, 5.74) is 2.10. The van der Waals surface area contributed by atoms with Crippen molar-refractivity contribution in [3.63, 3.8) is 0 Å². The van der Waals surface area contributed by atoms with Crippen molar-refractivity contribution in [2.24, 2.45) is 0 Å². The molecule has 1 aromatic carbocycles. The van der Waals surface area contributed by atoms with E-state index < -0.39 is 0 Å². The van der Waals surface area contributed by atoms with Crippen molar-refractivity contribution < 1.29 is 4.79 Å². The number of fused-ring (bicyclic) bond motifs is 3. The Morgan fingerprint density at radius 3 is 2.93 bits per heavy atom. The number of rotatable bonds is 4. The van der Waals surface area contributed by atoms with E-state index >= 15 is 0 Å². The highest BCUT2D eigenvalue weighted by Crippen LogP contribution is 2.33. The highest BCUT2D eigenvalue weighted by molar-refractivity contribution is 7.99. The minimum atomic E-state index is -0.255. The smallest absolute Gasteiger partial charge is 0.272 e. The van der Waals surface area contributed by atoms with Crippen LogP contribution in [0, 0.1) is 0 Å². The van der Waals surface area contributed by atoms with Gasteiger partial charge >= 0.3 is 0 Å². The number of benzene rings is 1. The van der Waals surface area contributed by atoms with Gasteiger partial charge in [0.05, 0.1) is 29.4 Å². The van der Waals surface area contributed by atoms with E-state index in [1.807, 2.05) is 12.1 Å². The molecular weight excluding hydrogens is 390 g/mol. The predicted octanol–water partition coefficient (Wildman–Crippen LogP) is 1.32. The lowest BCUT2D eigenvalue weighted by molar-refractivity contribution is -0.121. The first-order valence-electron chi connectivity index (χ1n) is 9.62. The van der Waals surface area contributed by atoms with Gasteiger partial charge in [-0.1, -0.05) is 30.0 Å². The van der Waals surface area contributed by atoms with E-state index in [1.165, 1.54) is 11.8 Å². The zero-order valence-electron chi connectivity index (χ0n) is 15.6. The number of amides is 1. The van der Waals surface area contributed by atoms with Gasteiger partial charge in [-0.3, -0.25) is 19.0 Å². The second-order valence-electron chi connectivity index (χ2n) is 7.34. The molecule has 2 aliphatic rings. The summed E-state index contributed by atoms with van der Waals surface area (Å²) in [5.74, 6) is 0.506. The van der Waals surface area contributed by atoms with Crippen LogP contribution in [0.1, 0.15) is 35.8 Å². The van der Waals surface area contributed by atoms with Crippen LogP contribution in [0.3, 0.4) is 0 Å². The van der Waals surface area contributed by atoms with Crippen molar-refractivity contribution >= 4 is 28.4 Å². The minimum Gasteiger partial charge on any atom is -0.350 e. The third-order valence-electron chi connectivity index (χ3n) is 5.52. The number of hydrogen-bond acceptors (Lipinski definition) is 6. The average Bonchev–Trinajstić information content (AvgIpc) is 3.35. The summed E-state index contributed by atoms with van der Waals surface area (Å²) in [7, 11) is 0. The van der Waals surface area contributed by atoms with Crippen LogP contribution >= 0.6 is 11.8 Å². The summed E-state index contributed by atoms with van der Waals surface area (Å²) in [6.07, 6.45) is 2.82. The fourth-order valence-corrected chi connectivity index (χ4v) is 5.23. The molecule has 0 saturated carbocycles. The predicted molar refractivity (Wildman–Crippen MR) is 109 cm³/mol. The first-order chi connectivity index (χ1) is 14.1. The van der Waals surface area contributed by atoms with Gasteiger partial charge in [0.1, 0.15) is 0 Å². The molecule has 1 aliphatic carbocycles. The van der Waals surface area contributed by atoms with E-state index in [-0.39, 0.29) is 36.0 Å². The SMILES string of the molecule is O=C(C[C@@H]1CSc2nc3c(c(=O)n21)CCC3)NCc1n[nH]c(=O)c2ccccc12. The van der Waals surface area contributed by atoms with E-state index in [9.17, 15) is 14.4 Å². The fourth-order valence-electron chi connectivity index (χ4n) is 4.08. The van der Waals surface area contributed by atoms with Crippen molar-refractivity contribution in [3.8, 4) is 0 Å². The number of carbonyl (C=O) groups is 1. The van der Waals surface area contributed by atoms with Gasteiger partial charge in [-0.2, -0.15) is 5.10 Å². The summed E-state index contributed by atoms with van der Waals surface area (Å²) in [6, 6.07) is 6.97. The number of carbonyl (C=O) groups excluding carboxylic acids is 1. The molecule has 1 atom stereocenters. The number of hydrogen-bond donors (Lipinski definition) is 2. The second kappa shape index (κ2) is 7.14. The lowest BCUT2D eigenvalue weighted by Gasteiger charge is -2.14. The van der Waals surface area contributed by atoms with Gasteiger partial charge in [-0.15, -0.1) is 0 Å². The molecule has 148 valence electrons. The molecule has 3 heterocycles. The first kappa shape index (κ1) is 18.1. The van der Waals surface area contributed by atoms with Crippen LogP contribution in [-0.2, 0) is 24.2 Å². The molecule has 8 nitrogen and oxygen atoms in total. The molecule has 3 aromatic rings. The number of nitrogens with one attached hydrogen (secondary N) is 2. The van der Waals surface area contributed by atoms with Gasteiger partial charge in [-0.25, -0.2) is 10.1 Å². The third kappa shape index (κ3) is 3.15. The molecular formula is C20H19N5O3S. The molecule has 2 N–H and O–H groups in total. The Labute approximate surface area is 169 Å². The van der Waals surface area contributed by atoms with E-state index in [0.29, 0.717) is 22.2 Å². The Kier molecular flexibility index (Phi) is 4.46. The van der Waals surface area contributed by atoms with Gasteiger partial charge < -0.3 is 5.32 Å². The summed E-state index contributed by atoms with van der Waals surface area (Å²) < 4.78 is 1.70. The third-order valence-corrected chi connectivity index (χ3v) is 6.62. The molecule has 5 rings (SSSR count). The van der Waals surface area contributed by atoms with Gasteiger partial charge in [0.15, 0.2) is 5.16 Å². The van der Waals surface area contributed by atoms with Gasteiger partial charge in [-0.05, 0) is 25.3 Å². The number of aromatic nitrogens is 4. The standard InChI is InChI=1S/C20H19N5O3S/c26-17(21-9-16-12-4-1-2-5-13(12)18(27)24-23-16)8-11-10-29-20-22-15-7-3-6-14(15)19(28)25(11)20/h1-2,4-5,11H,3,6-10H2,(H,21,26)(H,24,27)/t11-/m1/s1. The maximum atomic E-state index is 12.8. The van der Waals surface area contributed by atoms with Crippen molar-refractivity contribution in [2.75, 3.05) is 5.75 Å². The summed E-state index contributed by atoms with van der Waals surface area (Å²) in [4.78, 5) is 41.9. The van der Waals surface area contributed by atoms with Crippen LogP contribution in [0.25, 0.3) is 10.8 Å². The van der Waals surface area contributed by atoms with Crippen molar-refractivity contribution in [1.82, 2.24) is 25.1 Å². The lowest BCUT2D eigenvalue weighted by Crippen LogP contribution is -2.32. The molecule has 1 aliphatic heterocycles. The quantitative estimate of drug-likeness (QED) is 0.629. The Morgan fingerprint density at radius 2 is 2.07 bits per heavy atom. The zero-order valence-corrected chi connectivity index (χ0v) is 16.4. The normalized spacial score (nSPS) is 17.3. The molecule has 0 spiro atoms. The topological polar surface area (TPSA) is 110 Å². The zero-order chi connectivity index (χ0) is 20.0. The van der Waals surface area contributed by atoms with Crippen LogP contribution in [0.5, 0.6) is 0 Å². The van der Waals surface area contributed by atoms with Crippen molar-refractivity contribution in [2.45, 2.75) is 43.4 Å².